The summed E-state index contributed by atoms with van der Waals surface area (Å²) >= 11 is 0. The maximum atomic E-state index is 2.36. The van der Waals surface area contributed by atoms with Crippen molar-refractivity contribution in [2.75, 3.05) is 0 Å². The van der Waals surface area contributed by atoms with Gasteiger partial charge in [0.05, 0.1) is 11.0 Å². The molecule has 0 atom stereocenters. The van der Waals surface area contributed by atoms with E-state index in [-0.39, 0.29) is 0 Å². The number of hydrogen-bond acceptors (Lipinski definition) is 0. The zero-order chi connectivity index (χ0) is 19.2. The van der Waals surface area contributed by atoms with E-state index >= 15 is 0 Å². The molecule has 0 fully saturated rings. The molecular weight excluding hydrogens is 350 g/mol. The van der Waals surface area contributed by atoms with Gasteiger partial charge >= 0.3 is 0 Å². The van der Waals surface area contributed by atoms with Crippen molar-refractivity contribution in [1.29, 1.82) is 0 Å². The molecule has 0 aliphatic carbocycles. The minimum Gasteiger partial charge on any atom is -0.309 e. The Kier molecular flexibility index (Phi) is 3.54. The summed E-state index contributed by atoms with van der Waals surface area (Å²) in [4.78, 5) is 0. The molecule has 0 bridgehead atoms. The molecule has 0 amide bonds. The summed E-state index contributed by atoms with van der Waals surface area (Å²) in [6.45, 7) is 0. The topological polar surface area (TPSA) is 4.93 Å². The van der Waals surface area contributed by atoms with E-state index < -0.39 is 0 Å². The molecule has 1 nitrogen and oxygen atoms in total. The highest BCUT2D eigenvalue weighted by atomic mass is 15.0. The van der Waals surface area contributed by atoms with Crippen LogP contribution in [0, 0.1) is 0 Å². The van der Waals surface area contributed by atoms with Crippen LogP contribution in [0.4, 0.5) is 0 Å². The van der Waals surface area contributed by atoms with Gasteiger partial charge in [-0.2, -0.15) is 0 Å². The Hall–Kier alpha value is -3.84. The fourth-order valence-electron chi connectivity index (χ4n) is 4.37. The largest absolute Gasteiger partial charge is 0.309 e. The summed E-state index contributed by atoms with van der Waals surface area (Å²) in [5.41, 5.74) is 6.16. The fraction of sp³-hybridized carbons (Fsp3) is 0. The fourth-order valence-corrected chi connectivity index (χ4v) is 4.37. The summed E-state index contributed by atoms with van der Waals surface area (Å²) in [5.74, 6) is 0. The van der Waals surface area contributed by atoms with Crippen molar-refractivity contribution in [3.05, 3.63) is 115 Å². The first-order valence-electron chi connectivity index (χ1n) is 9.96. The number of aromatic nitrogens is 1. The quantitative estimate of drug-likeness (QED) is 0.296. The maximum absolute atomic E-state index is 2.36. The van der Waals surface area contributed by atoms with Gasteiger partial charge in [-0.1, -0.05) is 84.9 Å². The van der Waals surface area contributed by atoms with Gasteiger partial charge in [0.15, 0.2) is 0 Å². The number of hydrogen-bond donors (Lipinski definition) is 0. The van der Waals surface area contributed by atoms with E-state index in [9.17, 15) is 0 Å². The van der Waals surface area contributed by atoms with Crippen molar-refractivity contribution < 1.29 is 0 Å². The predicted octanol–water partition coefficient (Wildman–Crippen LogP) is 7.60. The number of rotatable bonds is 2. The predicted molar refractivity (Wildman–Crippen MR) is 124 cm³/mol. The van der Waals surface area contributed by atoms with E-state index in [1.54, 1.807) is 0 Å². The van der Waals surface area contributed by atoms with Crippen LogP contribution in [0.15, 0.2) is 115 Å². The highest BCUT2D eigenvalue weighted by Crippen LogP contribution is 2.32. The first-order chi connectivity index (χ1) is 14.4. The van der Waals surface area contributed by atoms with Crippen LogP contribution in [0.2, 0.25) is 0 Å². The SMILES string of the molecule is c1ccc2cc(-c3ccc(-n4c5ccccc5c5ccccc54)cc3)ccc2c1. The third-order valence-electron chi connectivity index (χ3n) is 5.79. The summed E-state index contributed by atoms with van der Waals surface area (Å²) in [5, 5.41) is 5.14. The monoisotopic (exact) mass is 369 g/mol. The van der Waals surface area contributed by atoms with E-state index in [4.69, 9.17) is 0 Å². The Morgan fingerprint density at radius 3 is 1.66 bits per heavy atom. The van der Waals surface area contributed by atoms with Crippen molar-refractivity contribution in [1.82, 2.24) is 4.57 Å². The standard InChI is InChI=1S/C28H19N/c1-2-8-22-19-23(14-13-20(22)7-1)21-15-17-24(18-16-21)29-27-11-5-3-9-25(27)26-10-4-6-12-28(26)29/h1-19H. The lowest BCUT2D eigenvalue weighted by Gasteiger charge is -2.10. The molecule has 6 rings (SSSR count). The van der Waals surface area contributed by atoms with E-state index in [1.807, 2.05) is 0 Å². The van der Waals surface area contributed by atoms with E-state index in [0.29, 0.717) is 0 Å². The average molecular weight is 369 g/mol. The zero-order valence-corrected chi connectivity index (χ0v) is 15.9. The van der Waals surface area contributed by atoms with Gasteiger partial charge in [-0.25, -0.2) is 0 Å². The number of fused-ring (bicyclic) bond motifs is 4. The van der Waals surface area contributed by atoms with Gasteiger partial charge < -0.3 is 4.57 Å². The van der Waals surface area contributed by atoms with E-state index in [2.05, 4.69) is 120 Å². The molecule has 29 heavy (non-hydrogen) atoms. The van der Waals surface area contributed by atoms with E-state index in [0.717, 1.165) is 0 Å². The molecule has 0 saturated carbocycles. The molecule has 5 aromatic carbocycles. The second-order valence-electron chi connectivity index (χ2n) is 7.48. The Morgan fingerprint density at radius 1 is 0.414 bits per heavy atom. The van der Waals surface area contributed by atoms with Crippen LogP contribution in [0.3, 0.4) is 0 Å². The average Bonchev–Trinajstić information content (AvgIpc) is 3.13. The highest BCUT2D eigenvalue weighted by Gasteiger charge is 2.11. The Balaban J connectivity index is 1.50. The van der Waals surface area contributed by atoms with Crippen LogP contribution >= 0.6 is 0 Å². The van der Waals surface area contributed by atoms with Gasteiger partial charge in [-0.3, -0.25) is 0 Å². The van der Waals surface area contributed by atoms with Crippen molar-refractivity contribution >= 4 is 32.6 Å². The van der Waals surface area contributed by atoms with Crippen LogP contribution in [-0.2, 0) is 0 Å². The van der Waals surface area contributed by atoms with Crippen molar-refractivity contribution in [3.8, 4) is 16.8 Å². The number of nitrogens with zero attached hydrogens (tertiary/aromatic N) is 1. The summed E-state index contributed by atoms with van der Waals surface area (Å²) < 4.78 is 2.36. The third kappa shape index (κ3) is 2.55. The van der Waals surface area contributed by atoms with Crippen molar-refractivity contribution in [2.24, 2.45) is 0 Å². The third-order valence-corrected chi connectivity index (χ3v) is 5.79. The molecule has 6 aromatic rings. The molecule has 0 N–H and O–H groups in total. The van der Waals surface area contributed by atoms with Gasteiger partial charge in [-0.15, -0.1) is 0 Å². The van der Waals surface area contributed by atoms with Crippen LogP contribution in [0.1, 0.15) is 0 Å². The van der Waals surface area contributed by atoms with Crippen molar-refractivity contribution in [3.63, 3.8) is 0 Å². The Labute approximate surface area is 169 Å². The van der Waals surface area contributed by atoms with E-state index in [1.165, 1.54) is 49.4 Å². The van der Waals surface area contributed by atoms with Crippen LogP contribution < -0.4 is 0 Å². The van der Waals surface area contributed by atoms with Crippen molar-refractivity contribution in [2.45, 2.75) is 0 Å². The Morgan fingerprint density at radius 2 is 0.966 bits per heavy atom. The zero-order valence-electron chi connectivity index (χ0n) is 15.9. The van der Waals surface area contributed by atoms with Crippen LogP contribution in [-0.4, -0.2) is 4.57 Å². The molecule has 1 heterocycles. The molecule has 0 aliphatic heterocycles. The Bertz CT molecular complexity index is 1430. The molecule has 136 valence electrons. The second-order valence-corrected chi connectivity index (χ2v) is 7.48. The molecule has 0 unspecified atom stereocenters. The first kappa shape index (κ1) is 16.1. The normalized spacial score (nSPS) is 11.4. The molecule has 0 saturated heterocycles. The molecule has 0 aliphatic rings. The van der Waals surface area contributed by atoms with Gasteiger partial charge in [0.2, 0.25) is 0 Å². The minimum atomic E-state index is 1.19. The number of benzene rings is 5. The molecular formula is C28H19N. The van der Waals surface area contributed by atoms with Gasteiger partial charge in [0.25, 0.3) is 0 Å². The van der Waals surface area contributed by atoms with Crippen LogP contribution in [0.25, 0.3) is 49.4 Å². The summed E-state index contributed by atoms with van der Waals surface area (Å²) in [6, 6.07) is 41.4. The second kappa shape index (κ2) is 6.35. The lowest BCUT2D eigenvalue weighted by atomic mass is 10.0. The lowest BCUT2D eigenvalue weighted by molar-refractivity contribution is 1.18. The smallest absolute Gasteiger partial charge is 0.0541 e. The van der Waals surface area contributed by atoms with Gasteiger partial charge in [-0.05, 0) is 52.2 Å². The molecule has 0 radical (unpaired) electrons. The molecule has 1 aromatic heterocycles. The highest BCUT2D eigenvalue weighted by molar-refractivity contribution is 6.09. The molecule has 0 spiro atoms. The maximum Gasteiger partial charge on any atom is 0.0541 e. The summed E-state index contributed by atoms with van der Waals surface area (Å²) in [6.07, 6.45) is 0. The minimum absolute atomic E-state index is 1.19. The first-order valence-corrected chi connectivity index (χ1v) is 9.96. The summed E-state index contributed by atoms with van der Waals surface area (Å²) in [7, 11) is 0. The lowest BCUT2D eigenvalue weighted by Crippen LogP contribution is -1.93. The molecule has 1 heteroatoms. The van der Waals surface area contributed by atoms with Gasteiger partial charge in [0.1, 0.15) is 0 Å². The van der Waals surface area contributed by atoms with Gasteiger partial charge in [0, 0.05) is 16.5 Å². The number of para-hydroxylation sites is 2. The van der Waals surface area contributed by atoms with Crippen LogP contribution in [0.5, 0.6) is 0 Å².